The molecular formula is C52H67N7O12S2. The topological polar surface area (TPSA) is 330 Å². The number of phenolic OH excluding ortho intramolecular Hbond substituents is 1. The van der Waals surface area contributed by atoms with Crippen LogP contribution in [0, 0.1) is 11.8 Å². The smallest absolute Gasteiger partial charge is 0.328 e. The average Bonchev–Trinajstić information content (AvgIpc) is 3.76. The van der Waals surface area contributed by atoms with Gasteiger partial charge in [0.05, 0.1) is 30.2 Å². The van der Waals surface area contributed by atoms with Gasteiger partial charge in [-0.25, -0.2) is 4.79 Å². The number of carbonyl (C=O) groups excluding carboxylic acids is 7. The van der Waals surface area contributed by atoms with Crippen molar-refractivity contribution in [1.82, 2.24) is 26.6 Å². The Kier molecular flexibility index (Phi) is 22.5. The van der Waals surface area contributed by atoms with Crippen molar-refractivity contribution in [2.45, 2.75) is 120 Å². The van der Waals surface area contributed by atoms with E-state index in [1.54, 1.807) is 36.4 Å². The van der Waals surface area contributed by atoms with E-state index in [1.807, 2.05) is 36.4 Å². The molecule has 21 heteroatoms. The highest BCUT2D eigenvalue weighted by Crippen LogP contribution is 2.32. The number of hydrogen-bond acceptors (Lipinski definition) is 15. The minimum absolute atomic E-state index is 0.0244. The number of unbranched alkanes of at least 4 members (excludes halogenated alkanes) is 1. The van der Waals surface area contributed by atoms with Crippen LogP contribution in [0.3, 0.4) is 0 Å². The third-order valence-electron chi connectivity index (χ3n) is 12.7. The van der Waals surface area contributed by atoms with E-state index in [2.05, 4.69) is 26.6 Å². The fourth-order valence-corrected chi connectivity index (χ4v) is 11.1. The molecule has 1 aliphatic carbocycles. The largest absolute Gasteiger partial charge is 0.508 e. The van der Waals surface area contributed by atoms with Gasteiger partial charge >= 0.3 is 5.97 Å². The number of benzene rings is 3. The zero-order valence-electron chi connectivity index (χ0n) is 40.9. The van der Waals surface area contributed by atoms with E-state index in [-0.39, 0.29) is 49.5 Å². The van der Waals surface area contributed by atoms with Crippen LogP contribution in [0.1, 0.15) is 74.6 Å². The lowest BCUT2D eigenvalue weighted by Gasteiger charge is -2.28. The van der Waals surface area contributed by atoms with Gasteiger partial charge < -0.3 is 58.5 Å². The number of fused-ring (bicyclic) bond motifs is 1. The molecule has 5 rings (SSSR count). The summed E-state index contributed by atoms with van der Waals surface area (Å²) in [5, 5.41) is 54.2. The SMILES string of the molecule is CC(O)[C@H](NC(=O)[C@@H]1CSSCC(NC(=O)[C@H](N)Cc2ccccc2)C(=O)C[C@@H](Cc2ccc(O)cc2)C(=O)NC(CC2=CCc3ccccc32)C(=O)N[C@@H](CCCCN)C(=O)N[C@@H](C(C)O)C(=O)C1)C(=O)O. The first-order valence-electron chi connectivity index (χ1n) is 24.3. The average molecular weight is 1050 g/mol. The Morgan fingerprint density at radius 2 is 1.42 bits per heavy atom. The summed E-state index contributed by atoms with van der Waals surface area (Å²) in [5.74, 6) is -9.77. The number of ketones is 2. The van der Waals surface area contributed by atoms with Crippen molar-refractivity contribution in [2.75, 3.05) is 18.1 Å². The number of aromatic hydroxyl groups is 1. The third kappa shape index (κ3) is 17.5. The highest BCUT2D eigenvalue weighted by atomic mass is 33.1. The number of aliphatic hydroxyl groups is 2. The van der Waals surface area contributed by atoms with Crippen LogP contribution in [-0.4, -0.2) is 134 Å². The van der Waals surface area contributed by atoms with E-state index in [9.17, 15) is 58.8 Å². The molecule has 13 N–H and O–H groups in total. The molecule has 3 aromatic rings. The van der Waals surface area contributed by atoms with E-state index in [4.69, 9.17) is 11.5 Å². The van der Waals surface area contributed by atoms with Gasteiger partial charge in [-0.05, 0) is 98.9 Å². The number of carboxylic acid groups (broad SMARTS) is 1. The molecule has 73 heavy (non-hydrogen) atoms. The van der Waals surface area contributed by atoms with Crippen molar-refractivity contribution in [3.8, 4) is 5.75 Å². The fourth-order valence-electron chi connectivity index (χ4n) is 8.54. The van der Waals surface area contributed by atoms with Gasteiger partial charge in [0.1, 0.15) is 23.9 Å². The maximum atomic E-state index is 14.8. The van der Waals surface area contributed by atoms with Crippen molar-refractivity contribution < 1.29 is 58.8 Å². The Balaban J connectivity index is 1.57. The van der Waals surface area contributed by atoms with Gasteiger partial charge in [-0.1, -0.05) is 94.4 Å². The van der Waals surface area contributed by atoms with Gasteiger partial charge in [0, 0.05) is 36.7 Å². The normalized spacial score (nSPS) is 23.3. The van der Waals surface area contributed by atoms with Crippen LogP contribution in [0.2, 0.25) is 0 Å². The fraction of sp³-hybridized carbons (Fsp3) is 0.462. The minimum atomic E-state index is -1.76. The predicted molar refractivity (Wildman–Crippen MR) is 277 cm³/mol. The van der Waals surface area contributed by atoms with Gasteiger partial charge in [-0.2, -0.15) is 0 Å². The molecule has 2 aliphatic rings. The van der Waals surface area contributed by atoms with Gasteiger partial charge in [-0.3, -0.25) is 33.6 Å². The molecule has 10 atom stereocenters. The van der Waals surface area contributed by atoms with Crippen LogP contribution >= 0.6 is 21.6 Å². The first-order valence-corrected chi connectivity index (χ1v) is 26.8. The Labute approximate surface area is 432 Å². The van der Waals surface area contributed by atoms with E-state index in [1.165, 1.54) is 19.1 Å². The molecule has 3 aromatic carbocycles. The number of aliphatic carboxylic acids is 1. The number of rotatable bonds is 17. The molecule has 0 aromatic heterocycles. The molecule has 5 amide bonds. The number of hydrogen-bond donors (Lipinski definition) is 11. The van der Waals surface area contributed by atoms with Gasteiger partial charge in [0.15, 0.2) is 17.6 Å². The minimum Gasteiger partial charge on any atom is -0.508 e. The van der Waals surface area contributed by atoms with E-state index < -0.39 is 120 Å². The number of carboxylic acids is 1. The van der Waals surface area contributed by atoms with Crippen molar-refractivity contribution >= 4 is 74.2 Å². The summed E-state index contributed by atoms with van der Waals surface area (Å²) in [4.78, 5) is 112. The molecule has 1 fully saturated rings. The number of Topliss-reactive ketones (excluding diaryl/α,β-unsaturated/α-hetero) is 2. The number of phenols is 1. The van der Waals surface area contributed by atoms with Gasteiger partial charge in [0.2, 0.25) is 29.5 Å². The lowest BCUT2D eigenvalue weighted by atomic mass is 9.90. The third-order valence-corrected chi connectivity index (χ3v) is 15.2. The summed E-state index contributed by atoms with van der Waals surface area (Å²) in [7, 11) is 2.04. The van der Waals surface area contributed by atoms with E-state index in [0.717, 1.165) is 50.8 Å². The summed E-state index contributed by atoms with van der Waals surface area (Å²) in [5.41, 5.74) is 16.1. The Morgan fingerprint density at radius 1 is 0.767 bits per heavy atom. The molecule has 0 bridgehead atoms. The number of carbonyl (C=O) groups is 8. The number of amides is 5. The van der Waals surface area contributed by atoms with Crippen LogP contribution in [-0.2, 0) is 57.6 Å². The summed E-state index contributed by atoms with van der Waals surface area (Å²) in [6.45, 7) is 2.67. The molecule has 19 nitrogen and oxygen atoms in total. The standard InChI is InChI=1S/C52H67N7O12S2/c1-29(60)45-44(64)26-36(48(66)59-46(30(2)61)52(70)71)27-72-73-28-42(57-49(67)39(54)23-31-10-4-3-5-11-31)43(63)25-35(22-32-15-19-37(62)20-16-32)47(65)56-41(24-34-18-17-33-12-6-7-13-38(33)34)51(69)55-40(50(68)58-45)14-8-9-21-53/h3-7,10-13,15-16,18-20,29-30,35-36,39-42,45-46,60-62H,8-9,14,17,21-28,53-54H2,1-2H3,(H,55,69)(H,56,65)(H,57,67)(H,58,68)(H,59,66)(H,70,71)/t29?,30?,35-,36+,39-,40+,41?,42?,45+,46+/m1/s1. The molecular weight excluding hydrogens is 979 g/mol. The van der Waals surface area contributed by atoms with Crippen molar-refractivity contribution in [2.24, 2.45) is 23.3 Å². The monoisotopic (exact) mass is 1050 g/mol. The Hall–Kier alpha value is -6.10. The zero-order chi connectivity index (χ0) is 53.2. The maximum absolute atomic E-state index is 14.8. The summed E-state index contributed by atoms with van der Waals surface area (Å²) < 4.78 is 0. The number of nitrogens with two attached hydrogens (primary N) is 2. The van der Waals surface area contributed by atoms with Crippen molar-refractivity contribution in [3.63, 3.8) is 0 Å². The quantitative estimate of drug-likeness (QED) is 0.0674. The second-order valence-electron chi connectivity index (χ2n) is 18.5. The number of allylic oxidation sites excluding steroid dienone is 1. The highest BCUT2D eigenvalue weighted by molar-refractivity contribution is 8.76. The number of aliphatic hydroxyl groups excluding tert-OH is 2. The molecule has 1 heterocycles. The predicted octanol–water partition coefficient (Wildman–Crippen LogP) is 1.48. The maximum Gasteiger partial charge on any atom is 0.328 e. The second-order valence-corrected chi connectivity index (χ2v) is 21.1. The Morgan fingerprint density at radius 3 is 2.10 bits per heavy atom. The number of nitrogens with one attached hydrogen (secondary N) is 5. The molecule has 1 saturated heterocycles. The summed E-state index contributed by atoms with van der Waals surface area (Å²) in [6, 6.07) is 14.2. The summed E-state index contributed by atoms with van der Waals surface area (Å²) >= 11 is 0. The molecule has 394 valence electrons. The first kappa shape index (κ1) is 57.8. The van der Waals surface area contributed by atoms with Gasteiger partial charge in [-0.15, -0.1) is 0 Å². The molecule has 0 saturated carbocycles. The lowest BCUT2D eigenvalue weighted by Crippen LogP contribution is -2.58. The van der Waals surface area contributed by atoms with E-state index >= 15 is 0 Å². The van der Waals surface area contributed by atoms with Crippen molar-refractivity contribution in [1.29, 1.82) is 0 Å². The van der Waals surface area contributed by atoms with Crippen molar-refractivity contribution in [3.05, 3.63) is 107 Å². The molecule has 4 unspecified atom stereocenters. The van der Waals surface area contributed by atoms with E-state index in [0.29, 0.717) is 24.8 Å². The molecule has 0 radical (unpaired) electrons. The first-order chi connectivity index (χ1) is 34.8. The van der Waals surface area contributed by atoms with Crippen LogP contribution in [0.4, 0.5) is 0 Å². The summed E-state index contributed by atoms with van der Waals surface area (Å²) in [6.07, 6.45) is -0.809. The Bertz CT molecular complexity index is 2440. The van der Waals surface area contributed by atoms with Crippen LogP contribution in [0.25, 0.3) is 5.57 Å². The van der Waals surface area contributed by atoms with Crippen LogP contribution < -0.4 is 38.1 Å². The van der Waals surface area contributed by atoms with Gasteiger partial charge in [0.25, 0.3) is 0 Å². The zero-order valence-corrected chi connectivity index (χ0v) is 42.5. The second kappa shape index (κ2) is 28.4. The highest BCUT2D eigenvalue weighted by Gasteiger charge is 2.37. The van der Waals surface area contributed by atoms with Crippen LogP contribution in [0.15, 0.2) is 84.9 Å². The lowest BCUT2D eigenvalue weighted by molar-refractivity contribution is -0.145. The molecule has 0 spiro atoms. The molecule has 1 aliphatic heterocycles. The van der Waals surface area contributed by atoms with Crippen LogP contribution in [0.5, 0.6) is 5.75 Å².